The molecule has 0 radical (unpaired) electrons. The van der Waals surface area contributed by atoms with Crippen molar-refractivity contribution in [2.45, 2.75) is 193 Å². The Bertz CT molecular complexity index is 1330. The molecule has 0 saturated heterocycles. The molecule has 1 amide bonds. The first-order valence-corrected chi connectivity index (χ1v) is 26.1. The smallest absolute Gasteiger partial charge is 0.268 e. The van der Waals surface area contributed by atoms with Gasteiger partial charge >= 0.3 is 0 Å². The summed E-state index contributed by atoms with van der Waals surface area (Å²) in [5.41, 5.74) is 0. The standard InChI is InChI=1S/C53H93N2O6P/c1-6-8-10-12-14-16-18-20-22-24-25-26-27-28-29-31-33-35-37-39-41-43-45-47-53(57)54-51(50-61-62(58,59)60-49-48-55(3,4)5)52(56)46-44-42-40-38-36-34-32-30-23-21-19-17-15-13-11-9-7-2/h8,10,14,16,20,22,25-26,28-29,33,35-36,38,44,46,51-52,56H,6-7,9,11-13,15,17-19,21,23-24,27,30-32,34,37,39-43,45,47-50H2,1-5H3,(H-,54,57,58,59)/b10-8-,16-14-,22-20-,26-25-,29-28-,35-33-,38-36+,46-44+. The SMILES string of the molecule is CC/C=C\C/C=C\C/C=C\C/C=C\C/C=C\C/C=C\CCCCCCC(=O)NC(COP(=O)([O-])OCC[N+](C)(C)C)C(O)/C=C/CC/C=C/CCCCCCCCCCCCC. The Morgan fingerprint density at radius 1 is 0.581 bits per heavy atom. The van der Waals surface area contributed by atoms with Crippen LogP contribution in [0, 0.1) is 0 Å². The largest absolute Gasteiger partial charge is 0.756 e. The first kappa shape index (κ1) is 59.4. The molecule has 0 fully saturated rings. The number of likely N-dealkylation sites (N-methyl/N-ethyl adjacent to an activating group) is 1. The molecule has 0 aliphatic heterocycles. The lowest BCUT2D eigenvalue weighted by Crippen LogP contribution is -2.45. The number of rotatable bonds is 43. The number of carbonyl (C=O) groups excluding carboxylic acids is 1. The van der Waals surface area contributed by atoms with Crippen molar-refractivity contribution in [3.8, 4) is 0 Å². The summed E-state index contributed by atoms with van der Waals surface area (Å²) in [5.74, 6) is -0.236. The number of carbonyl (C=O) groups is 1. The molecule has 0 bridgehead atoms. The number of phosphoric acid groups is 1. The number of aliphatic hydroxyl groups excluding tert-OH is 1. The van der Waals surface area contributed by atoms with Gasteiger partial charge in [-0.3, -0.25) is 9.36 Å². The van der Waals surface area contributed by atoms with Crippen LogP contribution >= 0.6 is 7.82 Å². The molecule has 0 spiro atoms. The van der Waals surface area contributed by atoms with E-state index in [-0.39, 0.29) is 12.5 Å². The zero-order valence-corrected chi connectivity index (χ0v) is 41.2. The maximum absolute atomic E-state index is 12.9. The van der Waals surface area contributed by atoms with E-state index in [9.17, 15) is 19.4 Å². The summed E-state index contributed by atoms with van der Waals surface area (Å²) in [6.07, 6.45) is 61.7. The van der Waals surface area contributed by atoms with E-state index in [4.69, 9.17) is 9.05 Å². The van der Waals surface area contributed by atoms with Gasteiger partial charge in [0.15, 0.2) is 0 Å². The maximum Gasteiger partial charge on any atom is 0.268 e. The Morgan fingerprint density at radius 3 is 1.50 bits per heavy atom. The fourth-order valence-electron chi connectivity index (χ4n) is 6.41. The third kappa shape index (κ3) is 45.4. The van der Waals surface area contributed by atoms with Crippen LogP contribution in [0.2, 0.25) is 0 Å². The first-order chi connectivity index (χ1) is 30.0. The van der Waals surface area contributed by atoms with Crippen molar-refractivity contribution in [2.24, 2.45) is 0 Å². The Morgan fingerprint density at radius 2 is 1.00 bits per heavy atom. The normalized spacial score (nSPS) is 15.0. The highest BCUT2D eigenvalue weighted by atomic mass is 31.2. The number of amides is 1. The van der Waals surface area contributed by atoms with Gasteiger partial charge in [0.25, 0.3) is 7.82 Å². The molecule has 3 unspecified atom stereocenters. The van der Waals surface area contributed by atoms with Crippen molar-refractivity contribution in [1.29, 1.82) is 0 Å². The first-order valence-electron chi connectivity index (χ1n) is 24.6. The summed E-state index contributed by atoms with van der Waals surface area (Å²) in [6, 6.07) is -0.923. The second kappa shape index (κ2) is 43.7. The van der Waals surface area contributed by atoms with Crippen molar-refractivity contribution in [1.82, 2.24) is 5.32 Å². The van der Waals surface area contributed by atoms with Crippen LogP contribution < -0.4 is 10.2 Å². The second-order valence-corrected chi connectivity index (χ2v) is 18.8. The summed E-state index contributed by atoms with van der Waals surface area (Å²) in [6.45, 7) is 4.47. The molecule has 0 heterocycles. The summed E-state index contributed by atoms with van der Waals surface area (Å²) in [4.78, 5) is 25.4. The third-order valence-corrected chi connectivity index (χ3v) is 11.2. The van der Waals surface area contributed by atoms with Crippen LogP contribution in [-0.4, -0.2) is 68.5 Å². The minimum absolute atomic E-state index is 0.0172. The van der Waals surface area contributed by atoms with Gasteiger partial charge in [0.2, 0.25) is 5.91 Å². The van der Waals surface area contributed by atoms with Crippen LogP contribution in [0.5, 0.6) is 0 Å². The van der Waals surface area contributed by atoms with E-state index in [1.807, 2.05) is 27.2 Å². The number of quaternary nitrogens is 1. The summed E-state index contributed by atoms with van der Waals surface area (Å²) in [5, 5.41) is 13.8. The highest BCUT2D eigenvalue weighted by Gasteiger charge is 2.23. The van der Waals surface area contributed by atoms with Gasteiger partial charge in [-0.2, -0.15) is 0 Å². The van der Waals surface area contributed by atoms with Crippen molar-refractivity contribution < 1.29 is 32.9 Å². The van der Waals surface area contributed by atoms with E-state index in [2.05, 4.69) is 104 Å². The molecule has 3 atom stereocenters. The Hall–Kier alpha value is -2.58. The van der Waals surface area contributed by atoms with E-state index in [1.54, 1.807) is 6.08 Å². The third-order valence-electron chi connectivity index (χ3n) is 10.3. The number of unbranched alkanes of at least 4 members (excludes halogenated alkanes) is 16. The Kier molecular flexibility index (Phi) is 41.8. The minimum atomic E-state index is -4.61. The Balaban J connectivity index is 4.47. The number of phosphoric ester groups is 1. The lowest BCUT2D eigenvalue weighted by atomic mass is 10.1. The lowest BCUT2D eigenvalue weighted by Gasteiger charge is -2.29. The monoisotopic (exact) mass is 885 g/mol. The summed E-state index contributed by atoms with van der Waals surface area (Å²) in [7, 11) is 1.21. The number of nitrogens with one attached hydrogen (secondary N) is 1. The molecule has 62 heavy (non-hydrogen) atoms. The summed E-state index contributed by atoms with van der Waals surface area (Å²) < 4.78 is 23.2. The van der Waals surface area contributed by atoms with Gasteiger partial charge in [-0.15, -0.1) is 0 Å². The molecule has 0 aromatic heterocycles. The van der Waals surface area contributed by atoms with Gasteiger partial charge in [-0.25, -0.2) is 0 Å². The number of nitrogens with zero attached hydrogens (tertiary/aromatic N) is 1. The number of aliphatic hydroxyl groups is 1. The average Bonchev–Trinajstić information content (AvgIpc) is 3.23. The topological polar surface area (TPSA) is 108 Å². The van der Waals surface area contributed by atoms with Gasteiger partial charge in [0.1, 0.15) is 13.2 Å². The van der Waals surface area contributed by atoms with Gasteiger partial charge in [-0.05, 0) is 83.5 Å². The fourth-order valence-corrected chi connectivity index (χ4v) is 7.13. The predicted molar refractivity (Wildman–Crippen MR) is 265 cm³/mol. The molecule has 0 aromatic rings. The van der Waals surface area contributed by atoms with Gasteiger partial charge in [-0.1, -0.05) is 188 Å². The predicted octanol–water partition coefficient (Wildman–Crippen LogP) is 13.7. The fraction of sp³-hybridized carbons (Fsp3) is 0.679. The molecule has 9 heteroatoms. The Labute approximate surface area is 381 Å². The van der Waals surface area contributed by atoms with Crippen LogP contribution in [0.1, 0.15) is 181 Å². The van der Waals surface area contributed by atoms with Crippen LogP contribution in [0.3, 0.4) is 0 Å². The summed E-state index contributed by atoms with van der Waals surface area (Å²) >= 11 is 0. The van der Waals surface area contributed by atoms with Crippen molar-refractivity contribution in [3.63, 3.8) is 0 Å². The molecule has 2 N–H and O–H groups in total. The minimum Gasteiger partial charge on any atom is -0.756 e. The molecule has 0 rings (SSSR count). The van der Waals surface area contributed by atoms with E-state index in [0.717, 1.165) is 89.9 Å². The quantitative estimate of drug-likeness (QED) is 0.0273. The molecule has 0 aliphatic rings. The zero-order valence-electron chi connectivity index (χ0n) is 40.3. The van der Waals surface area contributed by atoms with E-state index in [1.165, 1.54) is 70.6 Å². The molecule has 0 aliphatic carbocycles. The van der Waals surface area contributed by atoms with Crippen LogP contribution in [-0.2, 0) is 18.4 Å². The van der Waals surface area contributed by atoms with Gasteiger partial charge in [0.05, 0.1) is 39.9 Å². The number of hydrogen-bond acceptors (Lipinski definition) is 6. The number of hydrogen-bond donors (Lipinski definition) is 2. The lowest BCUT2D eigenvalue weighted by molar-refractivity contribution is -0.870. The molecule has 356 valence electrons. The van der Waals surface area contributed by atoms with Crippen molar-refractivity contribution in [2.75, 3.05) is 40.9 Å². The van der Waals surface area contributed by atoms with Crippen LogP contribution in [0.4, 0.5) is 0 Å². The maximum atomic E-state index is 12.9. The van der Waals surface area contributed by atoms with E-state index in [0.29, 0.717) is 17.4 Å². The van der Waals surface area contributed by atoms with Crippen LogP contribution in [0.25, 0.3) is 0 Å². The van der Waals surface area contributed by atoms with Gasteiger partial charge < -0.3 is 28.8 Å². The van der Waals surface area contributed by atoms with Crippen LogP contribution in [0.15, 0.2) is 97.2 Å². The molecule has 0 aromatic carbocycles. The molecule has 8 nitrogen and oxygen atoms in total. The second-order valence-electron chi connectivity index (χ2n) is 17.4. The van der Waals surface area contributed by atoms with Gasteiger partial charge in [0, 0.05) is 6.42 Å². The molecular weight excluding hydrogens is 792 g/mol. The number of allylic oxidation sites excluding steroid dienone is 15. The molecular formula is C53H93N2O6P. The average molecular weight is 885 g/mol. The molecule has 0 saturated carbocycles. The van der Waals surface area contributed by atoms with Crippen molar-refractivity contribution >= 4 is 13.7 Å². The van der Waals surface area contributed by atoms with E-state index < -0.39 is 26.6 Å². The van der Waals surface area contributed by atoms with E-state index >= 15 is 0 Å². The highest BCUT2D eigenvalue weighted by Crippen LogP contribution is 2.38. The zero-order chi connectivity index (χ0) is 45.7. The highest BCUT2D eigenvalue weighted by molar-refractivity contribution is 7.45. The van der Waals surface area contributed by atoms with Crippen molar-refractivity contribution in [3.05, 3.63) is 97.2 Å².